The smallest absolute Gasteiger partial charge is 0.292 e. The summed E-state index contributed by atoms with van der Waals surface area (Å²) in [6.45, 7) is 0.541. The number of nitro benzene ring substituents is 1. The Morgan fingerprint density at radius 3 is 2.80 bits per heavy atom. The van der Waals surface area contributed by atoms with E-state index in [-0.39, 0.29) is 11.3 Å². The van der Waals surface area contributed by atoms with E-state index in [0.717, 1.165) is 12.0 Å². The Morgan fingerprint density at radius 2 is 2.20 bits per heavy atom. The molecule has 2 aromatic rings. The van der Waals surface area contributed by atoms with E-state index in [9.17, 15) is 14.9 Å². The summed E-state index contributed by atoms with van der Waals surface area (Å²) >= 11 is 1.60. The Kier molecular flexibility index (Phi) is 4.31. The summed E-state index contributed by atoms with van der Waals surface area (Å²) in [6, 6.07) is 6.05. The van der Waals surface area contributed by atoms with Crippen LogP contribution in [0.4, 0.5) is 11.4 Å². The lowest BCUT2D eigenvalue weighted by molar-refractivity contribution is -0.384. The van der Waals surface area contributed by atoms with E-state index in [1.165, 1.54) is 18.2 Å². The maximum Gasteiger partial charge on any atom is 0.292 e. The number of benzene rings is 1. The number of hydrogen-bond donors (Lipinski definition) is 2. The number of thiophene rings is 1. The molecule has 3 N–H and O–H groups in total. The Morgan fingerprint density at radius 1 is 1.40 bits per heavy atom. The van der Waals surface area contributed by atoms with Gasteiger partial charge >= 0.3 is 0 Å². The van der Waals surface area contributed by atoms with Crippen molar-refractivity contribution < 1.29 is 9.72 Å². The van der Waals surface area contributed by atoms with Crippen LogP contribution in [0.15, 0.2) is 35.0 Å². The molecule has 0 bridgehead atoms. The number of anilines is 1. The number of amides is 1. The highest BCUT2D eigenvalue weighted by Gasteiger charge is 2.15. The summed E-state index contributed by atoms with van der Waals surface area (Å²) in [4.78, 5) is 21.6. The van der Waals surface area contributed by atoms with Crippen LogP contribution in [0.1, 0.15) is 15.9 Å². The van der Waals surface area contributed by atoms with Crippen molar-refractivity contribution in [3.8, 4) is 0 Å². The maximum atomic E-state index is 11.1. The maximum absolute atomic E-state index is 11.1. The van der Waals surface area contributed by atoms with Gasteiger partial charge in [0, 0.05) is 18.2 Å². The standard InChI is InChI=1S/C13H13N3O3S/c14-13(17)10-1-2-12(16(18)19)11(7-10)15-5-3-9-4-6-20-8-9/h1-2,4,6-8,15H,3,5H2,(H2,14,17). The number of nitrogens with one attached hydrogen (secondary N) is 1. The zero-order valence-electron chi connectivity index (χ0n) is 10.5. The molecule has 1 aromatic heterocycles. The number of carbonyl (C=O) groups is 1. The molecule has 1 heterocycles. The number of nitrogens with two attached hydrogens (primary N) is 1. The van der Waals surface area contributed by atoms with Gasteiger partial charge in [-0.3, -0.25) is 14.9 Å². The van der Waals surface area contributed by atoms with Gasteiger partial charge in [-0.25, -0.2) is 0 Å². The number of primary amides is 1. The Labute approximate surface area is 119 Å². The summed E-state index contributed by atoms with van der Waals surface area (Å²) in [5.41, 5.74) is 6.82. The van der Waals surface area contributed by atoms with E-state index in [1.54, 1.807) is 11.3 Å². The molecule has 2 rings (SSSR count). The van der Waals surface area contributed by atoms with Gasteiger partial charge in [0.1, 0.15) is 5.69 Å². The predicted molar refractivity (Wildman–Crippen MR) is 78.1 cm³/mol. The molecule has 104 valence electrons. The van der Waals surface area contributed by atoms with Gasteiger partial charge in [-0.1, -0.05) is 0 Å². The van der Waals surface area contributed by atoms with Crippen LogP contribution in [0, 0.1) is 10.1 Å². The van der Waals surface area contributed by atoms with Crippen LogP contribution in [0.3, 0.4) is 0 Å². The van der Waals surface area contributed by atoms with Crippen LogP contribution >= 0.6 is 11.3 Å². The van der Waals surface area contributed by atoms with Crippen molar-refractivity contribution in [1.29, 1.82) is 0 Å². The number of nitrogens with zero attached hydrogens (tertiary/aromatic N) is 1. The van der Waals surface area contributed by atoms with Gasteiger partial charge < -0.3 is 11.1 Å². The molecule has 0 fully saturated rings. The third kappa shape index (κ3) is 3.33. The molecule has 0 aliphatic carbocycles. The lowest BCUT2D eigenvalue weighted by atomic mass is 10.1. The zero-order chi connectivity index (χ0) is 14.5. The van der Waals surface area contributed by atoms with Gasteiger partial charge in [0.2, 0.25) is 5.91 Å². The molecule has 0 saturated carbocycles. The summed E-state index contributed by atoms with van der Waals surface area (Å²) in [7, 11) is 0. The molecule has 0 spiro atoms. The minimum atomic E-state index is -0.610. The van der Waals surface area contributed by atoms with Crippen molar-refractivity contribution in [3.05, 3.63) is 56.3 Å². The van der Waals surface area contributed by atoms with E-state index in [4.69, 9.17) is 5.73 Å². The Hall–Kier alpha value is -2.41. The molecule has 0 aliphatic rings. The molecule has 0 atom stereocenters. The van der Waals surface area contributed by atoms with Crippen LogP contribution in [-0.4, -0.2) is 17.4 Å². The molecule has 20 heavy (non-hydrogen) atoms. The molecule has 1 aromatic carbocycles. The predicted octanol–water partition coefficient (Wildman–Crippen LogP) is 2.41. The van der Waals surface area contributed by atoms with Crippen LogP contribution in [-0.2, 0) is 6.42 Å². The summed E-state index contributed by atoms with van der Waals surface area (Å²) < 4.78 is 0. The van der Waals surface area contributed by atoms with Gasteiger partial charge in [-0.2, -0.15) is 11.3 Å². The average molecular weight is 291 g/mol. The van der Waals surface area contributed by atoms with Crippen LogP contribution < -0.4 is 11.1 Å². The van der Waals surface area contributed by atoms with Crippen molar-refractivity contribution in [2.45, 2.75) is 6.42 Å². The second-order valence-corrected chi connectivity index (χ2v) is 4.94. The lowest BCUT2D eigenvalue weighted by Gasteiger charge is -2.07. The van der Waals surface area contributed by atoms with E-state index >= 15 is 0 Å². The first-order chi connectivity index (χ1) is 9.58. The van der Waals surface area contributed by atoms with Crippen molar-refractivity contribution in [2.24, 2.45) is 5.73 Å². The first kappa shape index (κ1) is 14.0. The molecule has 0 unspecified atom stereocenters. The van der Waals surface area contributed by atoms with Gasteiger partial charge in [0.05, 0.1) is 4.92 Å². The van der Waals surface area contributed by atoms with Gasteiger partial charge in [0.15, 0.2) is 0 Å². The summed E-state index contributed by atoms with van der Waals surface area (Å²) in [5.74, 6) is -0.610. The fraction of sp³-hybridized carbons (Fsp3) is 0.154. The topological polar surface area (TPSA) is 98.3 Å². The second kappa shape index (κ2) is 6.16. The SMILES string of the molecule is NC(=O)c1ccc([N+](=O)[O-])c(NCCc2ccsc2)c1. The number of nitro groups is 1. The zero-order valence-corrected chi connectivity index (χ0v) is 11.4. The highest BCUT2D eigenvalue weighted by Crippen LogP contribution is 2.25. The fourth-order valence-electron chi connectivity index (χ4n) is 1.77. The molecular formula is C13H13N3O3S. The minimum Gasteiger partial charge on any atom is -0.379 e. The highest BCUT2D eigenvalue weighted by molar-refractivity contribution is 7.07. The molecule has 0 aliphatic heterocycles. The van der Waals surface area contributed by atoms with E-state index in [0.29, 0.717) is 12.2 Å². The summed E-state index contributed by atoms with van der Waals surface area (Å²) in [5, 5.41) is 17.9. The third-order valence-corrected chi connectivity index (χ3v) is 3.52. The van der Waals surface area contributed by atoms with Gasteiger partial charge in [-0.15, -0.1) is 0 Å². The van der Waals surface area contributed by atoms with Crippen molar-refractivity contribution in [1.82, 2.24) is 0 Å². The van der Waals surface area contributed by atoms with Crippen molar-refractivity contribution in [2.75, 3.05) is 11.9 Å². The normalized spacial score (nSPS) is 10.2. The van der Waals surface area contributed by atoms with E-state index in [2.05, 4.69) is 5.32 Å². The average Bonchev–Trinajstić information content (AvgIpc) is 2.91. The summed E-state index contributed by atoms with van der Waals surface area (Å²) in [6.07, 6.45) is 0.751. The van der Waals surface area contributed by atoms with Crippen molar-refractivity contribution in [3.63, 3.8) is 0 Å². The first-order valence-electron chi connectivity index (χ1n) is 5.91. The fourth-order valence-corrected chi connectivity index (χ4v) is 2.47. The minimum absolute atomic E-state index is 0.0691. The second-order valence-electron chi connectivity index (χ2n) is 4.16. The highest BCUT2D eigenvalue weighted by atomic mass is 32.1. The molecule has 7 heteroatoms. The van der Waals surface area contributed by atoms with Gasteiger partial charge in [0.25, 0.3) is 5.69 Å². The molecule has 0 radical (unpaired) electrons. The Bertz CT molecular complexity index is 626. The van der Waals surface area contributed by atoms with E-state index in [1.807, 2.05) is 16.8 Å². The largest absolute Gasteiger partial charge is 0.379 e. The van der Waals surface area contributed by atoms with Crippen LogP contribution in [0.5, 0.6) is 0 Å². The molecule has 6 nitrogen and oxygen atoms in total. The van der Waals surface area contributed by atoms with Crippen LogP contribution in [0.2, 0.25) is 0 Å². The molecule has 1 amide bonds. The monoisotopic (exact) mass is 291 g/mol. The number of rotatable bonds is 6. The van der Waals surface area contributed by atoms with E-state index < -0.39 is 10.8 Å². The quantitative estimate of drug-likeness (QED) is 0.630. The lowest BCUT2D eigenvalue weighted by Crippen LogP contribution is -2.13. The Balaban J connectivity index is 2.13. The molecule has 0 saturated heterocycles. The third-order valence-electron chi connectivity index (χ3n) is 2.79. The molecular weight excluding hydrogens is 278 g/mol. The van der Waals surface area contributed by atoms with Gasteiger partial charge in [-0.05, 0) is 40.9 Å². The van der Waals surface area contributed by atoms with Crippen molar-refractivity contribution >= 4 is 28.6 Å². The van der Waals surface area contributed by atoms with Crippen LogP contribution in [0.25, 0.3) is 0 Å². The first-order valence-corrected chi connectivity index (χ1v) is 6.85. The number of hydrogen-bond acceptors (Lipinski definition) is 5. The number of carbonyl (C=O) groups excluding carboxylic acids is 1.